The van der Waals surface area contributed by atoms with Gasteiger partial charge in [0.15, 0.2) is 6.61 Å². The van der Waals surface area contributed by atoms with Crippen molar-refractivity contribution in [2.24, 2.45) is 0 Å². The Hall–Kier alpha value is -3.23. The lowest BCUT2D eigenvalue weighted by atomic mass is 10.1. The molecule has 38 heavy (non-hydrogen) atoms. The summed E-state index contributed by atoms with van der Waals surface area (Å²) in [6, 6.07) is 12.2. The molecule has 1 aromatic heterocycles. The van der Waals surface area contributed by atoms with Gasteiger partial charge in [-0.3, -0.25) is 9.59 Å². The van der Waals surface area contributed by atoms with Crippen LogP contribution in [0.4, 0.5) is 0 Å². The second kappa shape index (κ2) is 14.1. The minimum absolute atomic E-state index is 0.0116. The lowest BCUT2D eigenvalue weighted by Crippen LogP contribution is -2.30. The van der Waals surface area contributed by atoms with Crippen molar-refractivity contribution in [3.63, 3.8) is 0 Å². The topological polar surface area (TPSA) is 92.3 Å². The molecule has 0 saturated heterocycles. The molecule has 2 aromatic carbocycles. The minimum Gasteiger partial charge on any atom is -0.483 e. The van der Waals surface area contributed by atoms with Crippen LogP contribution < -0.4 is 20.7 Å². The Morgan fingerprint density at radius 3 is 2.53 bits per heavy atom. The van der Waals surface area contributed by atoms with Crippen molar-refractivity contribution >= 4 is 23.2 Å². The maximum atomic E-state index is 12.4. The molecule has 202 valence electrons. The molecule has 0 atom stereocenters. The van der Waals surface area contributed by atoms with Crippen LogP contribution in [0, 0.1) is 6.92 Å². The van der Waals surface area contributed by atoms with Crippen molar-refractivity contribution in [3.8, 4) is 16.2 Å². The van der Waals surface area contributed by atoms with Gasteiger partial charge in [0.2, 0.25) is 0 Å². The highest BCUT2D eigenvalue weighted by Gasteiger charge is 2.14. The molecule has 0 unspecified atom stereocenters. The number of thiazole rings is 1. The molecule has 3 N–H and O–H groups in total. The highest BCUT2D eigenvalue weighted by Crippen LogP contribution is 2.32. The van der Waals surface area contributed by atoms with E-state index in [2.05, 4.69) is 33.1 Å². The number of fused-ring (bicyclic) bond motifs is 1. The molecule has 4 rings (SSSR count). The highest BCUT2D eigenvalue weighted by molar-refractivity contribution is 7.13. The number of benzene rings is 2. The zero-order valence-corrected chi connectivity index (χ0v) is 23.2. The highest BCUT2D eigenvalue weighted by atomic mass is 32.1. The van der Waals surface area contributed by atoms with E-state index < -0.39 is 0 Å². The van der Waals surface area contributed by atoms with Gasteiger partial charge >= 0.3 is 0 Å². The SMILES string of the molecule is CNCc1ccc(-c2scnc2C)cc1OCC(=O)NCCCCCCNC(=O)c1ccc2c(c1)CCC2. The third-order valence-corrected chi connectivity index (χ3v) is 7.85. The van der Waals surface area contributed by atoms with Gasteiger partial charge in [-0.15, -0.1) is 11.3 Å². The number of aromatic nitrogens is 1. The molecule has 0 saturated carbocycles. The minimum atomic E-state index is -0.124. The van der Waals surface area contributed by atoms with Crippen molar-refractivity contribution in [2.75, 3.05) is 26.7 Å². The van der Waals surface area contributed by atoms with Crippen LogP contribution in [0.3, 0.4) is 0 Å². The number of carbonyl (C=O) groups is 2. The first-order valence-electron chi connectivity index (χ1n) is 13.5. The number of nitrogens with one attached hydrogen (secondary N) is 3. The first-order valence-corrected chi connectivity index (χ1v) is 14.4. The summed E-state index contributed by atoms with van der Waals surface area (Å²) in [6.07, 6.45) is 7.23. The van der Waals surface area contributed by atoms with E-state index in [1.54, 1.807) is 11.3 Å². The lowest BCUT2D eigenvalue weighted by Gasteiger charge is -2.13. The standard InChI is InChI=1S/C30H38N4O3S/c1-21-29(38-20-34-21)24-11-13-26(18-31-2)27(17-24)37-19-28(35)32-14-5-3-4-6-15-33-30(36)25-12-10-22-8-7-9-23(22)16-25/h10-13,16-17,20,31H,3-9,14-15,18-19H2,1-2H3,(H,32,35)(H,33,36). The van der Waals surface area contributed by atoms with Gasteiger partial charge in [0.05, 0.1) is 16.1 Å². The number of rotatable bonds is 14. The Morgan fingerprint density at radius 2 is 1.76 bits per heavy atom. The molecule has 1 heterocycles. The van der Waals surface area contributed by atoms with Crippen molar-refractivity contribution in [1.29, 1.82) is 0 Å². The average molecular weight is 535 g/mol. The summed E-state index contributed by atoms with van der Waals surface area (Å²) in [5.74, 6) is 0.598. The smallest absolute Gasteiger partial charge is 0.257 e. The van der Waals surface area contributed by atoms with Crippen LogP contribution >= 0.6 is 11.3 Å². The molecule has 7 nitrogen and oxygen atoms in total. The number of nitrogens with zero attached hydrogens (tertiary/aromatic N) is 1. The van der Waals surface area contributed by atoms with Crippen LogP contribution in [0.5, 0.6) is 5.75 Å². The number of hydrogen-bond acceptors (Lipinski definition) is 6. The van der Waals surface area contributed by atoms with E-state index >= 15 is 0 Å². The molecular weight excluding hydrogens is 496 g/mol. The van der Waals surface area contributed by atoms with E-state index in [1.165, 1.54) is 17.5 Å². The third kappa shape index (κ3) is 7.65. The first kappa shape index (κ1) is 27.8. The molecule has 0 spiro atoms. The van der Waals surface area contributed by atoms with Gasteiger partial charge in [-0.25, -0.2) is 4.98 Å². The molecule has 0 bridgehead atoms. The molecule has 0 radical (unpaired) electrons. The Labute approximate surface area is 229 Å². The van der Waals surface area contributed by atoms with Gasteiger partial charge in [-0.2, -0.15) is 0 Å². The molecule has 1 aliphatic rings. The molecular formula is C30H38N4O3S. The number of aryl methyl sites for hydroxylation is 3. The molecule has 8 heteroatoms. The first-order chi connectivity index (χ1) is 18.5. The zero-order chi connectivity index (χ0) is 26.7. The maximum Gasteiger partial charge on any atom is 0.257 e. The maximum absolute atomic E-state index is 12.4. The normalized spacial score (nSPS) is 12.3. The van der Waals surface area contributed by atoms with Crippen molar-refractivity contribution in [3.05, 3.63) is 69.9 Å². The van der Waals surface area contributed by atoms with Gasteiger partial charge in [0.25, 0.3) is 11.8 Å². The third-order valence-electron chi connectivity index (χ3n) is 6.87. The van der Waals surface area contributed by atoms with Crippen molar-refractivity contribution in [2.45, 2.75) is 58.4 Å². The van der Waals surface area contributed by atoms with Crippen LogP contribution in [0.2, 0.25) is 0 Å². The summed E-state index contributed by atoms with van der Waals surface area (Å²) in [5, 5.41) is 9.13. The number of hydrogen-bond donors (Lipinski definition) is 3. The van der Waals surface area contributed by atoms with Crippen molar-refractivity contribution in [1.82, 2.24) is 20.9 Å². The second-order valence-corrected chi connectivity index (χ2v) is 10.6. The predicted octanol–water partition coefficient (Wildman–Crippen LogP) is 4.81. The Kier molecular flexibility index (Phi) is 10.3. The van der Waals surface area contributed by atoms with E-state index in [9.17, 15) is 9.59 Å². The number of ether oxygens (including phenoxy) is 1. The quantitative estimate of drug-likeness (QED) is 0.258. The van der Waals surface area contributed by atoms with E-state index in [0.29, 0.717) is 25.4 Å². The Morgan fingerprint density at radius 1 is 0.974 bits per heavy atom. The number of amides is 2. The van der Waals surface area contributed by atoms with E-state index in [-0.39, 0.29) is 18.4 Å². The fourth-order valence-electron chi connectivity index (χ4n) is 4.79. The predicted molar refractivity (Wildman–Crippen MR) is 153 cm³/mol. The van der Waals surface area contributed by atoms with Gasteiger partial charge < -0.3 is 20.7 Å². The lowest BCUT2D eigenvalue weighted by molar-refractivity contribution is -0.123. The summed E-state index contributed by atoms with van der Waals surface area (Å²) < 4.78 is 5.92. The molecule has 0 fully saturated rings. The second-order valence-electron chi connectivity index (χ2n) is 9.77. The van der Waals surface area contributed by atoms with E-state index in [1.807, 2.05) is 43.7 Å². The fourth-order valence-corrected chi connectivity index (χ4v) is 5.59. The summed E-state index contributed by atoms with van der Waals surface area (Å²) in [5.41, 5.74) is 8.35. The largest absolute Gasteiger partial charge is 0.483 e. The molecule has 1 aliphatic carbocycles. The monoisotopic (exact) mass is 534 g/mol. The van der Waals surface area contributed by atoms with Crippen LogP contribution in [0.1, 0.15) is 64.8 Å². The summed E-state index contributed by atoms with van der Waals surface area (Å²) in [7, 11) is 1.89. The fraction of sp³-hybridized carbons (Fsp3) is 0.433. The van der Waals surface area contributed by atoms with E-state index in [0.717, 1.165) is 65.8 Å². The van der Waals surface area contributed by atoms with E-state index in [4.69, 9.17) is 4.74 Å². The zero-order valence-electron chi connectivity index (χ0n) is 22.4. The molecule has 2 amide bonds. The van der Waals surface area contributed by atoms with Crippen LogP contribution in [0.15, 0.2) is 41.9 Å². The summed E-state index contributed by atoms with van der Waals surface area (Å²) >= 11 is 1.60. The Bertz CT molecular complexity index is 1240. The Balaban J connectivity index is 1.10. The van der Waals surface area contributed by atoms with Crippen LogP contribution in [0.25, 0.3) is 10.4 Å². The number of carbonyl (C=O) groups excluding carboxylic acids is 2. The van der Waals surface area contributed by atoms with Gasteiger partial charge in [0, 0.05) is 30.8 Å². The van der Waals surface area contributed by atoms with Crippen molar-refractivity contribution < 1.29 is 14.3 Å². The van der Waals surface area contributed by atoms with Gasteiger partial charge in [0.1, 0.15) is 5.75 Å². The molecule has 0 aliphatic heterocycles. The van der Waals surface area contributed by atoms with Gasteiger partial charge in [-0.1, -0.05) is 31.0 Å². The van der Waals surface area contributed by atoms with Gasteiger partial charge in [-0.05, 0) is 81.0 Å². The summed E-state index contributed by atoms with van der Waals surface area (Å²) in [6.45, 7) is 3.92. The average Bonchev–Trinajstić information content (AvgIpc) is 3.58. The molecule has 3 aromatic rings. The summed E-state index contributed by atoms with van der Waals surface area (Å²) in [4.78, 5) is 30.2. The van der Waals surface area contributed by atoms with Crippen LogP contribution in [-0.4, -0.2) is 43.5 Å². The number of unbranched alkanes of at least 4 members (excludes halogenated alkanes) is 3. The van der Waals surface area contributed by atoms with Crippen LogP contribution in [-0.2, 0) is 24.2 Å².